The second-order valence-corrected chi connectivity index (χ2v) is 5.78. The Hall–Kier alpha value is -2.37. The van der Waals surface area contributed by atoms with Crippen molar-refractivity contribution < 1.29 is 23.8 Å². The molecule has 0 unspecified atom stereocenters. The molecule has 2 aliphatic rings. The Morgan fingerprint density at radius 2 is 2.18 bits per heavy atom. The minimum atomic E-state index is -0.441. The Labute approximate surface area is 127 Å². The van der Waals surface area contributed by atoms with Crippen molar-refractivity contribution in [2.45, 2.75) is 18.3 Å². The fraction of sp³-hybridized carbons (Fsp3) is 0.375. The third kappa shape index (κ3) is 2.24. The highest BCUT2D eigenvalue weighted by atomic mass is 19.3. The number of amides is 1. The molecule has 1 aromatic rings. The van der Waals surface area contributed by atoms with Crippen LogP contribution in [0.25, 0.3) is 5.76 Å². The van der Waals surface area contributed by atoms with Crippen LogP contribution in [0.3, 0.4) is 0 Å². The first-order chi connectivity index (χ1) is 10.5. The molecule has 3 rings (SSSR count). The van der Waals surface area contributed by atoms with Crippen LogP contribution in [0.1, 0.15) is 34.3 Å². The number of carbonyl (C=O) groups is 2. The molecule has 6 heteroatoms. The lowest BCUT2D eigenvalue weighted by Gasteiger charge is -2.34. The highest BCUT2D eigenvalue weighted by Crippen LogP contribution is 2.52. The lowest BCUT2D eigenvalue weighted by Crippen LogP contribution is -2.46. The van der Waals surface area contributed by atoms with Gasteiger partial charge in [0.2, 0.25) is 0 Å². The maximum atomic E-state index is 12.5. The number of esters is 1. The van der Waals surface area contributed by atoms with E-state index in [-0.39, 0.29) is 23.6 Å². The van der Waals surface area contributed by atoms with Crippen molar-refractivity contribution in [2.24, 2.45) is 0 Å². The molecule has 0 bridgehead atoms. The summed E-state index contributed by atoms with van der Waals surface area (Å²) in [7, 11) is 1.30. The lowest BCUT2D eigenvalue weighted by atomic mass is 9.85. The van der Waals surface area contributed by atoms with Gasteiger partial charge in [0.05, 0.1) is 7.11 Å². The summed E-state index contributed by atoms with van der Waals surface area (Å²) in [6.45, 7) is 3.91. The maximum Gasteiger partial charge on any atom is 0.325 e. The molecule has 1 aliphatic heterocycles. The Kier molecular flexibility index (Phi) is 3.39. The van der Waals surface area contributed by atoms with Crippen molar-refractivity contribution in [1.29, 1.82) is 0 Å². The molecule has 5 nitrogen and oxygen atoms in total. The molecule has 0 radical (unpaired) electrons. The molecular weight excluding hydrogens is 289 g/mol. The lowest BCUT2D eigenvalue weighted by molar-refractivity contribution is -0.141. The third-order valence-electron chi connectivity index (χ3n) is 4.42. The predicted octanol–water partition coefficient (Wildman–Crippen LogP) is 2.22. The molecule has 0 saturated heterocycles. The normalized spacial score (nSPS) is 17.9. The van der Waals surface area contributed by atoms with Crippen molar-refractivity contribution in [3.63, 3.8) is 0 Å². The summed E-state index contributed by atoms with van der Waals surface area (Å²) >= 11 is 0. The van der Waals surface area contributed by atoms with Gasteiger partial charge in [0, 0.05) is 27.6 Å². The van der Waals surface area contributed by atoms with Crippen LogP contribution in [-0.4, -0.2) is 37.0 Å². The Balaban J connectivity index is 1.97. The molecule has 1 fully saturated rings. The second kappa shape index (κ2) is 5.12. The van der Waals surface area contributed by atoms with Gasteiger partial charge in [-0.2, -0.15) is 0 Å². The van der Waals surface area contributed by atoms with Gasteiger partial charge >= 0.3 is 5.97 Å². The zero-order valence-corrected chi connectivity index (χ0v) is 12.2. The predicted molar refractivity (Wildman–Crippen MR) is 76.5 cm³/mol. The summed E-state index contributed by atoms with van der Waals surface area (Å²) < 4.78 is 16.9. The van der Waals surface area contributed by atoms with E-state index < -0.39 is 5.97 Å². The standard InChI is InChI=1S/C16H16FNO4/c1-10(22-17)11-3-4-12-13(7-11)16(5-6-16)9-18(15(12)20)8-14(19)21-2/h3-4,7H,1,5-6,8-9H2,2H3. The first-order valence-electron chi connectivity index (χ1n) is 6.99. The molecule has 1 spiro atoms. The van der Waals surface area contributed by atoms with E-state index >= 15 is 0 Å². The molecule has 1 aliphatic carbocycles. The van der Waals surface area contributed by atoms with Gasteiger partial charge in [-0.3, -0.25) is 14.5 Å². The summed E-state index contributed by atoms with van der Waals surface area (Å²) in [6, 6.07) is 4.99. The number of rotatable bonds is 4. The summed E-state index contributed by atoms with van der Waals surface area (Å²) in [4.78, 5) is 29.2. The van der Waals surface area contributed by atoms with Gasteiger partial charge in [0.1, 0.15) is 6.54 Å². The van der Waals surface area contributed by atoms with E-state index in [1.165, 1.54) is 12.0 Å². The summed E-state index contributed by atoms with van der Waals surface area (Å²) in [6.07, 6.45) is 1.86. The van der Waals surface area contributed by atoms with Crippen LogP contribution in [0.15, 0.2) is 24.8 Å². The number of ether oxygens (including phenoxy) is 1. The van der Waals surface area contributed by atoms with Crippen LogP contribution < -0.4 is 0 Å². The first-order valence-corrected chi connectivity index (χ1v) is 6.99. The molecular formula is C16H16FNO4. The van der Waals surface area contributed by atoms with E-state index in [2.05, 4.69) is 16.3 Å². The zero-order valence-electron chi connectivity index (χ0n) is 12.2. The van der Waals surface area contributed by atoms with Gasteiger partial charge in [0.15, 0.2) is 5.76 Å². The zero-order chi connectivity index (χ0) is 15.9. The van der Waals surface area contributed by atoms with Gasteiger partial charge in [0.25, 0.3) is 5.91 Å². The van der Waals surface area contributed by atoms with E-state index in [0.717, 1.165) is 18.4 Å². The van der Waals surface area contributed by atoms with Crippen LogP contribution in [0.5, 0.6) is 0 Å². The molecule has 0 atom stereocenters. The fourth-order valence-corrected chi connectivity index (χ4v) is 3.01. The first kappa shape index (κ1) is 14.6. The van der Waals surface area contributed by atoms with Crippen molar-refractivity contribution in [3.05, 3.63) is 41.5 Å². The average molecular weight is 305 g/mol. The fourth-order valence-electron chi connectivity index (χ4n) is 3.01. The van der Waals surface area contributed by atoms with Crippen LogP contribution in [-0.2, 0) is 19.9 Å². The number of halogens is 1. The third-order valence-corrected chi connectivity index (χ3v) is 4.42. The smallest absolute Gasteiger partial charge is 0.325 e. The van der Waals surface area contributed by atoms with Crippen LogP contribution in [0.4, 0.5) is 4.53 Å². The second-order valence-electron chi connectivity index (χ2n) is 5.78. The summed E-state index contributed by atoms with van der Waals surface area (Å²) in [5.74, 6) is -0.734. The van der Waals surface area contributed by atoms with Gasteiger partial charge < -0.3 is 9.64 Å². The van der Waals surface area contributed by atoms with E-state index in [0.29, 0.717) is 17.7 Å². The SMILES string of the molecule is C=C(OF)c1ccc2c(c1)C1(CC1)CN(CC(=O)OC)C2=O. The molecule has 116 valence electrons. The number of benzene rings is 1. The van der Waals surface area contributed by atoms with Crippen LogP contribution in [0, 0.1) is 0 Å². The number of fused-ring (bicyclic) bond motifs is 2. The molecule has 1 heterocycles. The monoisotopic (exact) mass is 305 g/mol. The minimum Gasteiger partial charge on any atom is -0.468 e. The Bertz CT molecular complexity index is 666. The van der Waals surface area contributed by atoms with Gasteiger partial charge in [-0.25, -0.2) is 0 Å². The van der Waals surface area contributed by atoms with Gasteiger partial charge in [-0.1, -0.05) is 12.6 Å². The van der Waals surface area contributed by atoms with E-state index in [4.69, 9.17) is 0 Å². The van der Waals surface area contributed by atoms with Crippen molar-refractivity contribution in [1.82, 2.24) is 4.90 Å². The number of methoxy groups -OCH3 is 1. The van der Waals surface area contributed by atoms with Crippen molar-refractivity contribution >= 4 is 17.6 Å². The van der Waals surface area contributed by atoms with Crippen molar-refractivity contribution in [2.75, 3.05) is 20.2 Å². The quantitative estimate of drug-likeness (QED) is 0.632. The number of hydrogen-bond donors (Lipinski definition) is 0. The largest absolute Gasteiger partial charge is 0.468 e. The average Bonchev–Trinajstić information content (AvgIpc) is 3.31. The van der Waals surface area contributed by atoms with Crippen molar-refractivity contribution in [3.8, 4) is 0 Å². The number of nitrogens with zero attached hydrogens (tertiary/aromatic N) is 1. The number of hydrogen-bond acceptors (Lipinski definition) is 4. The molecule has 22 heavy (non-hydrogen) atoms. The minimum absolute atomic E-state index is 0.0570. The number of carbonyl (C=O) groups excluding carboxylic acids is 2. The molecule has 1 aromatic carbocycles. The molecule has 0 aromatic heterocycles. The van der Waals surface area contributed by atoms with E-state index in [1.807, 2.05) is 0 Å². The maximum absolute atomic E-state index is 12.5. The molecule has 1 amide bonds. The highest BCUT2D eigenvalue weighted by Gasteiger charge is 2.51. The summed E-state index contributed by atoms with van der Waals surface area (Å²) in [5.41, 5.74) is 1.79. The van der Waals surface area contributed by atoms with E-state index in [1.54, 1.807) is 18.2 Å². The van der Waals surface area contributed by atoms with Gasteiger partial charge in [-0.05, 0) is 30.5 Å². The molecule has 1 saturated carbocycles. The highest BCUT2D eigenvalue weighted by molar-refractivity contribution is 5.99. The van der Waals surface area contributed by atoms with Gasteiger partial charge in [-0.15, -0.1) is 0 Å². The Morgan fingerprint density at radius 3 is 2.77 bits per heavy atom. The summed E-state index contributed by atoms with van der Waals surface area (Å²) in [5, 5.41) is 0. The van der Waals surface area contributed by atoms with Crippen LogP contribution >= 0.6 is 0 Å². The Morgan fingerprint density at radius 1 is 1.45 bits per heavy atom. The topological polar surface area (TPSA) is 55.8 Å². The molecule has 0 N–H and O–H groups in total. The van der Waals surface area contributed by atoms with Crippen LogP contribution in [0.2, 0.25) is 0 Å². The van der Waals surface area contributed by atoms with E-state index in [9.17, 15) is 14.1 Å².